The van der Waals surface area contributed by atoms with Gasteiger partial charge >= 0.3 is 17.9 Å². The summed E-state index contributed by atoms with van der Waals surface area (Å²) in [6, 6.07) is 0. The number of carbonyl (C=O) groups is 3. The van der Waals surface area contributed by atoms with E-state index in [-0.39, 0.29) is 38.6 Å². The van der Waals surface area contributed by atoms with Gasteiger partial charge in [0.2, 0.25) is 0 Å². The first-order valence-corrected chi connectivity index (χ1v) is 28.2. The summed E-state index contributed by atoms with van der Waals surface area (Å²) in [5, 5.41) is 9.69. The molecule has 9 nitrogen and oxygen atoms in total. The number of carbonyl (C=O) groups excluding carboxylic acids is 2. The number of aliphatic carboxylic acids is 1. The number of likely N-dealkylation sites (N-methyl/N-ethyl adjacent to an activating group) is 1. The maximum Gasteiger partial charge on any atom is 0.361 e. The summed E-state index contributed by atoms with van der Waals surface area (Å²) >= 11 is 0. The summed E-state index contributed by atoms with van der Waals surface area (Å²) in [5.41, 5.74) is 0. The summed E-state index contributed by atoms with van der Waals surface area (Å²) in [6.45, 7) is 4.69. The van der Waals surface area contributed by atoms with Crippen LogP contribution < -0.4 is 0 Å². The lowest BCUT2D eigenvalue weighted by Crippen LogP contribution is -2.40. The second-order valence-corrected chi connectivity index (χ2v) is 19.5. The van der Waals surface area contributed by atoms with E-state index in [2.05, 4.69) is 135 Å². The Balaban J connectivity index is 4.38. The molecule has 0 spiro atoms. The van der Waals surface area contributed by atoms with Gasteiger partial charge in [-0.1, -0.05) is 200 Å². The first-order valence-electron chi connectivity index (χ1n) is 28.2. The number of quaternary nitrogens is 1. The number of rotatable bonds is 50. The molecule has 1 N–H and O–H groups in total. The molecule has 9 heteroatoms. The fraction of sp³-hybridized carbons (Fsp3) is 0.635. The summed E-state index contributed by atoms with van der Waals surface area (Å²) in [5.74, 6) is -2.08. The Morgan fingerprint density at radius 1 is 0.431 bits per heavy atom. The van der Waals surface area contributed by atoms with Crippen LogP contribution in [-0.2, 0) is 33.3 Å². The normalized spacial score (nSPS) is 13.7. The van der Waals surface area contributed by atoms with E-state index in [0.717, 1.165) is 116 Å². The Hall–Kier alpha value is -4.31. The van der Waals surface area contributed by atoms with Crippen LogP contribution in [-0.4, -0.2) is 87.4 Å². The molecular weight excluding hydrogens is 899 g/mol. The lowest BCUT2D eigenvalue weighted by molar-refractivity contribution is -0.870. The Labute approximate surface area is 440 Å². The minimum Gasteiger partial charge on any atom is -0.477 e. The van der Waals surface area contributed by atoms with Crippen molar-refractivity contribution in [3.63, 3.8) is 0 Å². The molecule has 0 aromatic heterocycles. The fourth-order valence-corrected chi connectivity index (χ4v) is 7.12. The number of allylic oxidation sites excluding steroid dienone is 20. The van der Waals surface area contributed by atoms with Crippen molar-refractivity contribution in [1.82, 2.24) is 0 Å². The van der Waals surface area contributed by atoms with Gasteiger partial charge in [-0.25, -0.2) is 4.79 Å². The second kappa shape index (κ2) is 53.0. The number of unbranched alkanes of at least 4 members (excludes halogenated alkanes) is 15. The number of ether oxygens (including phenoxy) is 4. The monoisotopic (exact) mass is 1000 g/mol. The first kappa shape index (κ1) is 67.7. The zero-order valence-electron chi connectivity index (χ0n) is 46.3. The van der Waals surface area contributed by atoms with E-state index in [1.807, 2.05) is 21.1 Å². The molecule has 0 aromatic carbocycles. The van der Waals surface area contributed by atoms with Crippen molar-refractivity contribution >= 4 is 17.9 Å². The molecule has 0 aliphatic heterocycles. The Morgan fingerprint density at radius 2 is 0.792 bits per heavy atom. The van der Waals surface area contributed by atoms with Gasteiger partial charge in [0.25, 0.3) is 6.29 Å². The first-order chi connectivity index (χ1) is 35.1. The average Bonchev–Trinajstić information content (AvgIpc) is 3.35. The van der Waals surface area contributed by atoms with Gasteiger partial charge in [0.15, 0.2) is 6.10 Å². The number of hydrogen-bond acceptors (Lipinski definition) is 7. The lowest BCUT2D eigenvalue weighted by Gasteiger charge is -2.25. The molecule has 0 rings (SSSR count). The standard InChI is InChI=1S/C63H103NO8/c1-6-8-10-12-14-16-18-20-22-24-25-26-27-28-29-30-31-32-33-34-35-36-37-38-40-42-44-46-48-50-52-54-61(66)72-59(58-71-63(62(67)68)69-56-55-64(3,4)5)57-70-60(65)53-51-49-47-45-43-41-39-23-21-19-17-15-13-11-9-7-2/h8,10,14,16,20,22-23,25-26,28-29,31-32,34-35,37-39,42,44,59,63H,6-7,9,11-13,15,17-19,21,24,27,30,33,36,40-41,43,45-58H2,1-5H3/p+1/b10-8-,16-14-,22-20-,26-25-,29-28-,32-31-,35-34-,38-37-,39-23-,44-42-. The van der Waals surface area contributed by atoms with Gasteiger partial charge in [-0.3, -0.25) is 9.59 Å². The fourth-order valence-electron chi connectivity index (χ4n) is 7.12. The van der Waals surface area contributed by atoms with Crippen LogP contribution in [0.25, 0.3) is 0 Å². The summed E-state index contributed by atoms with van der Waals surface area (Å²) in [6.07, 6.45) is 71.3. The Bertz CT molecular complexity index is 1590. The predicted molar refractivity (Wildman–Crippen MR) is 304 cm³/mol. The van der Waals surface area contributed by atoms with Crippen LogP contribution in [0.3, 0.4) is 0 Å². The van der Waals surface area contributed by atoms with Gasteiger partial charge in [-0.05, 0) is 109 Å². The molecule has 72 heavy (non-hydrogen) atoms. The highest BCUT2D eigenvalue weighted by Gasteiger charge is 2.25. The third kappa shape index (κ3) is 53.5. The molecule has 0 radical (unpaired) electrons. The smallest absolute Gasteiger partial charge is 0.361 e. The zero-order chi connectivity index (χ0) is 52.7. The number of hydrogen-bond donors (Lipinski definition) is 1. The third-order valence-electron chi connectivity index (χ3n) is 11.5. The van der Waals surface area contributed by atoms with Crippen LogP contribution in [0.15, 0.2) is 122 Å². The van der Waals surface area contributed by atoms with E-state index in [1.165, 1.54) is 51.4 Å². The molecule has 0 aromatic rings. The molecule has 0 amide bonds. The summed E-state index contributed by atoms with van der Waals surface area (Å²) in [4.78, 5) is 37.3. The summed E-state index contributed by atoms with van der Waals surface area (Å²) in [7, 11) is 5.94. The molecule has 0 fully saturated rings. The largest absolute Gasteiger partial charge is 0.477 e. The van der Waals surface area contributed by atoms with Crippen LogP contribution >= 0.6 is 0 Å². The Morgan fingerprint density at radius 3 is 1.21 bits per heavy atom. The van der Waals surface area contributed by atoms with Gasteiger partial charge < -0.3 is 28.5 Å². The van der Waals surface area contributed by atoms with Crippen LogP contribution in [0.1, 0.15) is 200 Å². The molecule has 0 aliphatic rings. The molecule has 0 heterocycles. The minimum absolute atomic E-state index is 0.173. The topological polar surface area (TPSA) is 108 Å². The SMILES string of the molecule is CC/C=C\C/C=C\C/C=C\C/C=C\C/C=C\C/C=C\C/C=C\C/C=C\C/C=C\CCCCCC(=O)OC(COC(=O)CCCCCCC/C=C\CCCCCCCCC)COC(OCC[N+](C)(C)C)C(=O)O. The lowest BCUT2D eigenvalue weighted by atomic mass is 10.1. The highest BCUT2D eigenvalue weighted by molar-refractivity contribution is 5.71. The number of carboxylic acids is 1. The molecule has 2 unspecified atom stereocenters. The third-order valence-corrected chi connectivity index (χ3v) is 11.5. The predicted octanol–water partition coefficient (Wildman–Crippen LogP) is 16.5. The van der Waals surface area contributed by atoms with Gasteiger partial charge in [0.05, 0.1) is 34.4 Å². The summed E-state index contributed by atoms with van der Waals surface area (Å²) < 4.78 is 22.8. The Kier molecular flexibility index (Phi) is 49.8. The molecular formula is C63H104NO8+. The van der Waals surface area contributed by atoms with E-state index in [9.17, 15) is 19.5 Å². The van der Waals surface area contributed by atoms with Gasteiger partial charge in [-0.15, -0.1) is 0 Å². The van der Waals surface area contributed by atoms with E-state index in [1.54, 1.807) is 0 Å². The van der Waals surface area contributed by atoms with Crippen molar-refractivity contribution in [2.45, 2.75) is 212 Å². The van der Waals surface area contributed by atoms with Crippen molar-refractivity contribution in [3.05, 3.63) is 122 Å². The molecule has 2 atom stereocenters. The highest BCUT2D eigenvalue weighted by Crippen LogP contribution is 2.13. The van der Waals surface area contributed by atoms with Crippen LogP contribution in [0.5, 0.6) is 0 Å². The molecule has 0 bridgehead atoms. The minimum atomic E-state index is -1.53. The van der Waals surface area contributed by atoms with Crippen molar-refractivity contribution in [2.24, 2.45) is 0 Å². The number of esters is 2. The maximum absolute atomic E-state index is 12.8. The van der Waals surface area contributed by atoms with Crippen LogP contribution in [0.2, 0.25) is 0 Å². The number of nitrogens with zero attached hydrogens (tertiary/aromatic N) is 1. The van der Waals surface area contributed by atoms with Crippen LogP contribution in [0.4, 0.5) is 0 Å². The molecule has 0 saturated carbocycles. The van der Waals surface area contributed by atoms with Crippen molar-refractivity contribution in [3.8, 4) is 0 Å². The molecule has 0 aliphatic carbocycles. The van der Waals surface area contributed by atoms with Crippen LogP contribution in [0, 0.1) is 0 Å². The molecule has 408 valence electrons. The van der Waals surface area contributed by atoms with E-state index in [4.69, 9.17) is 18.9 Å². The van der Waals surface area contributed by atoms with E-state index in [0.29, 0.717) is 17.4 Å². The van der Waals surface area contributed by atoms with E-state index < -0.39 is 24.3 Å². The van der Waals surface area contributed by atoms with Crippen molar-refractivity contribution < 1.29 is 42.9 Å². The second-order valence-electron chi connectivity index (χ2n) is 19.5. The van der Waals surface area contributed by atoms with Gasteiger partial charge in [-0.2, -0.15) is 0 Å². The average molecular weight is 1000 g/mol. The number of carboxylic acid groups (broad SMARTS) is 1. The van der Waals surface area contributed by atoms with Gasteiger partial charge in [0.1, 0.15) is 13.2 Å². The van der Waals surface area contributed by atoms with Gasteiger partial charge in [0, 0.05) is 12.8 Å². The van der Waals surface area contributed by atoms with Crippen molar-refractivity contribution in [2.75, 3.05) is 47.5 Å². The quantitative estimate of drug-likeness (QED) is 0.0211. The molecule has 0 saturated heterocycles. The maximum atomic E-state index is 12.8. The highest BCUT2D eigenvalue weighted by atomic mass is 16.7. The van der Waals surface area contributed by atoms with Crippen molar-refractivity contribution in [1.29, 1.82) is 0 Å². The van der Waals surface area contributed by atoms with E-state index >= 15 is 0 Å². The zero-order valence-corrected chi connectivity index (χ0v) is 46.3.